The molecule has 4 heteroatoms. The molecule has 1 aromatic heterocycles. The van der Waals surface area contributed by atoms with Crippen molar-refractivity contribution in [2.75, 3.05) is 13.0 Å². The molecule has 1 unspecified atom stereocenters. The number of aromatic nitrogens is 1. The summed E-state index contributed by atoms with van der Waals surface area (Å²) in [6.45, 7) is 2.36. The van der Waals surface area contributed by atoms with Crippen molar-refractivity contribution in [1.29, 1.82) is 0 Å². The highest BCUT2D eigenvalue weighted by atomic mass is 35.5. The number of methoxy groups -OCH3 is 1. The predicted octanol–water partition coefficient (Wildman–Crippen LogP) is 5.26. The van der Waals surface area contributed by atoms with Crippen LogP contribution in [-0.2, 0) is 12.1 Å². The van der Waals surface area contributed by atoms with Crippen molar-refractivity contribution in [2.45, 2.75) is 51.1 Å². The van der Waals surface area contributed by atoms with Gasteiger partial charge in [-0.3, -0.25) is 0 Å². The number of hydrogen-bond donors (Lipinski definition) is 1. The Kier molecular flexibility index (Phi) is 4.45. The largest absolute Gasteiger partial charge is 0.497 e. The molecular weight excluding hydrogens is 332 g/mol. The SMILES string of the molecule is COc1ccc2c(CCCl)c3n(c2c1)C(C)(C1CCCCC1)NC=C3. The van der Waals surface area contributed by atoms with E-state index in [0.29, 0.717) is 11.8 Å². The molecule has 0 amide bonds. The summed E-state index contributed by atoms with van der Waals surface area (Å²) >= 11 is 6.14. The van der Waals surface area contributed by atoms with E-state index in [2.05, 4.69) is 47.3 Å². The fraction of sp³-hybridized carbons (Fsp3) is 0.524. The van der Waals surface area contributed by atoms with E-state index >= 15 is 0 Å². The summed E-state index contributed by atoms with van der Waals surface area (Å²) in [7, 11) is 1.74. The van der Waals surface area contributed by atoms with Crippen LogP contribution in [0.15, 0.2) is 24.4 Å². The van der Waals surface area contributed by atoms with Gasteiger partial charge in [0.15, 0.2) is 0 Å². The number of rotatable bonds is 4. The van der Waals surface area contributed by atoms with Crippen molar-refractivity contribution in [3.8, 4) is 5.75 Å². The van der Waals surface area contributed by atoms with Gasteiger partial charge in [-0.25, -0.2) is 0 Å². The lowest BCUT2D eigenvalue weighted by Crippen LogP contribution is -2.51. The van der Waals surface area contributed by atoms with Crippen molar-refractivity contribution in [3.63, 3.8) is 0 Å². The van der Waals surface area contributed by atoms with Crippen LogP contribution >= 0.6 is 11.6 Å². The zero-order chi connectivity index (χ0) is 17.4. The third kappa shape index (κ3) is 2.64. The van der Waals surface area contributed by atoms with Crippen molar-refractivity contribution < 1.29 is 4.74 Å². The van der Waals surface area contributed by atoms with Gasteiger partial charge in [0, 0.05) is 35.1 Å². The molecule has 25 heavy (non-hydrogen) atoms. The molecule has 1 saturated carbocycles. The van der Waals surface area contributed by atoms with Gasteiger partial charge in [0.25, 0.3) is 0 Å². The molecule has 2 heterocycles. The first kappa shape index (κ1) is 16.8. The second-order valence-corrected chi connectivity index (χ2v) is 7.86. The number of nitrogens with one attached hydrogen (secondary N) is 1. The molecule has 0 bridgehead atoms. The van der Waals surface area contributed by atoms with E-state index in [-0.39, 0.29) is 5.66 Å². The van der Waals surface area contributed by atoms with Crippen molar-refractivity contribution in [2.24, 2.45) is 5.92 Å². The molecule has 2 aromatic rings. The van der Waals surface area contributed by atoms with Crippen LogP contribution in [0.1, 0.15) is 50.3 Å². The molecule has 1 N–H and O–H groups in total. The Labute approximate surface area is 155 Å². The first-order chi connectivity index (χ1) is 12.2. The molecule has 134 valence electrons. The predicted molar refractivity (Wildman–Crippen MR) is 105 cm³/mol. The second kappa shape index (κ2) is 6.60. The van der Waals surface area contributed by atoms with Crippen LogP contribution in [0.25, 0.3) is 17.0 Å². The van der Waals surface area contributed by atoms with Crippen LogP contribution in [0.4, 0.5) is 0 Å². The van der Waals surface area contributed by atoms with E-state index in [1.165, 1.54) is 54.3 Å². The Morgan fingerprint density at radius 1 is 1.28 bits per heavy atom. The highest BCUT2D eigenvalue weighted by Crippen LogP contribution is 2.43. The Hall–Kier alpha value is -1.61. The maximum atomic E-state index is 6.14. The van der Waals surface area contributed by atoms with E-state index < -0.39 is 0 Å². The number of ether oxygens (including phenoxy) is 1. The minimum atomic E-state index is -0.0975. The standard InChI is InChI=1S/C21H27ClN2O/c1-21(15-6-4-3-5-7-15)23-13-11-19-18(10-12-22)17-9-8-16(25-2)14-20(17)24(19)21/h8-9,11,13-15,23H,3-7,10,12H2,1-2H3. The number of fused-ring (bicyclic) bond motifs is 3. The van der Waals surface area contributed by atoms with Gasteiger partial charge < -0.3 is 14.6 Å². The number of nitrogens with zero attached hydrogens (tertiary/aromatic N) is 1. The molecule has 3 nitrogen and oxygen atoms in total. The molecule has 2 aliphatic rings. The monoisotopic (exact) mass is 358 g/mol. The summed E-state index contributed by atoms with van der Waals surface area (Å²) < 4.78 is 8.03. The number of aryl methyl sites for hydroxylation is 1. The highest BCUT2D eigenvalue weighted by molar-refractivity contribution is 6.18. The van der Waals surface area contributed by atoms with Crippen LogP contribution in [0.3, 0.4) is 0 Å². The average molecular weight is 359 g/mol. The van der Waals surface area contributed by atoms with E-state index in [9.17, 15) is 0 Å². The topological polar surface area (TPSA) is 26.2 Å². The number of alkyl halides is 1. The van der Waals surface area contributed by atoms with Gasteiger partial charge in [0.05, 0.1) is 12.6 Å². The van der Waals surface area contributed by atoms with Crippen LogP contribution < -0.4 is 10.1 Å². The zero-order valence-corrected chi connectivity index (χ0v) is 15.9. The third-order valence-electron chi connectivity index (χ3n) is 6.15. The fourth-order valence-corrected chi connectivity index (χ4v) is 5.02. The van der Waals surface area contributed by atoms with Gasteiger partial charge in [0.1, 0.15) is 11.4 Å². The van der Waals surface area contributed by atoms with Gasteiger partial charge in [-0.15, -0.1) is 11.6 Å². The van der Waals surface area contributed by atoms with Gasteiger partial charge in [0.2, 0.25) is 0 Å². The van der Waals surface area contributed by atoms with Crippen molar-refractivity contribution >= 4 is 28.6 Å². The third-order valence-corrected chi connectivity index (χ3v) is 6.34. The van der Waals surface area contributed by atoms with Crippen LogP contribution in [0.2, 0.25) is 0 Å². The second-order valence-electron chi connectivity index (χ2n) is 7.48. The number of benzene rings is 1. The molecule has 1 atom stereocenters. The van der Waals surface area contributed by atoms with Gasteiger partial charge in [-0.2, -0.15) is 0 Å². The summed E-state index contributed by atoms with van der Waals surface area (Å²) in [6, 6.07) is 6.43. The molecule has 1 aliphatic carbocycles. The lowest BCUT2D eigenvalue weighted by Gasteiger charge is -2.44. The lowest BCUT2D eigenvalue weighted by molar-refractivity contribution is 0.121. The summed E-state index contributed by atoms with van der Waals surface area (Å²) in [4.78, 5) is 0. The number of halogens is 1. The minimum Gasteiger partial charge on any atom is -0.497 e. The first-order valence-corrected chi connectivity index (χ1v) is 9.94. The summed E-state index contributed by atoms with van der Waals surface area (Å²) in [5.74, 6) is 2.18. The Morgan fingerprint density at radius 2 is 2.08 bits per heavy atom. The smallest absolute Gasteiger partial charge is 0.120 e. The molecule has 0 saturated heterocycles. The molecule has 0 radical (unpaired) electrons. The Bertz CT molecular complexity index is 804. The minimum absolute atomic E-state index is 0.0975. The van der Waals surface area contributed by atoms with Crippen molar-refractivity contribution in [3.05, 3.63) is 35.7 Å². The molecular formula is C21H27ClN2O. The molecule has 0 spiro atoms. The Morgan fingerprint density at radius 3 is 2.80 bits per heavy atom. The van der Waals surface area contributed by atoms with Crippen LogP contribution in [0.5, 0.6) is 5.75 Å². The van der Waals surface area contributed by atoms with Crippen LogP contribution in [0, 0.1) is 5.92 Å². The van der Waals surface area contributed by atoms with E-state index in [1.54, 1.807) is 7.11 Å². The van der Waals surface area contributed by atoms with Crippen molar-refractivity contribution in [1.82, 2.24) is 9.88 Å². The van der Waals surface area contributed by atoms with E-state index in [4.69, 9.17) is 16.3 Å². The van der Waals surface area contributed by atoms with E-state index in [0.717, 1.165) is 12.2 Å². The van der Waals surface area contributed by atoms with Gasteiger partial charge >= 0.3 is 0 Å². The summed E-state index contributed by atoms with van der Waals surface area (Å²) in [5.41, 5.74) is 3.81. The normalized spacial score (nSPS) is 23.5. The van der Waals surface area contributed by atoms with Gasteiger partial charge in [-0.1, -0.05) is 19.3 Å². The van der Waals surface area contributed by atoms with Gasteiger partial charge in [-0.05, 0) is 50.0 Å². The van der Waals surface area contributed by atoms with E-state index in [1.807, 2.05) is 0 Å². The van der Waals surface area contributed by atoms with Crippen LogP contribution in [-0.4, -0.2) is 17.6 Å². The summed E-state index contributed by atoms with van der Waals surface area (Å²) in [6.07, 6.45) is 11.8. The molecule has 4 rings (SSSR count). The maximum absolute atomic E-state index is 6.14. The highest BCUT2D eigenvalue weighted by Gasteiger charge is 2.40. The quantitative estimate of drug-likeness (QED) is 0.754. The zero-order valence-electron chi connectivity index (χ0n) is 15.1. The maximum Gasteiger partial charge on any atom is 0.120 e. The fourth-order valence-electron chi connectivity index (χ4n) is 4.83. The Balaban J connectivity index is 1.95. The summed E-state index contributed by atoms with van der Waals surface area (Å²) in [5, 5.41) is 5.01. The number of hydrogen-bond acceptors (Lipinski definition) is 2. The molecule has 1 aromatic carbocycles. The molecule has 1 fully saturated rings. The molecule has 1 aliphatic heterocycles. The average Bonchev–Trinajstić information content (AvgIpc) is 2.97. The lowest BCUT2D eigenvalue weighted by atomic mass is 9.79. The first-order valence-electron chi connectivity index (χ1n) is 9.41.